The van der Waals surface area contributed by atoms with E-state index in [2.05, 4.69) is 17.2 Å². The summed E-state index contributed by atoms with van der Waals surface area (Å²) in [6.45, 7) is 0.824. The molecule has 2 aliphatic heterocycles. The Bertz CT molecular complexity index is 792. The fourth-order valence-electron chi connectivity index (χ4n) is 3.49. The molecule has 0 unspecified atom stereocenters. The lowest BCUT2D eigenvalue weighted by molar-refractivity contribution is -0.117. The molecule has 0 bridgehead atoms. The fraction of sp³-hybridized carbons (Fsp3) is 0.389. The Morgan fingerprint density at radius 3 is 2.58 bits per heavy atom. The van der Waals surface area contributed by atoms with Gasteiger partial charge in [0.05, 0.1) is 18.0 Å². The highest BCUT2D eigenvalue weighted by Crippen LogP contribution is 2.31. The highest BCUT2D eigenvalue weighted by Gasteiger charge is 2.27. The molecule has 0 N–H and O–H groups in total. The number of anilines is 1. The molecule has 124 valence electrons. The Morgan fingerprint density at radius 2 is 1.96 bits per heavy atom. The smallest absolute Gasteiger partial charge is 0.227 e. The van der Waals surface area contributed by atoms with E-state index in [1.165, 1.54) is 5.56 Å². The van der Waals surface area contributed by atoms with Crippen molar-refractivity contribution in [2.75, 3.05) is 18.5 Å². The van der Waals surface area contributed by atoms with Gasteiger partial charge in [-0.1, -0.05) is 12.1 Å². The summed E-state index contributed by atoms with van der Waals surface area (Å²) in [6.07, 6.45) is 6.42. The van der Waals surface area contributed by atoms with Crippen LogP contribution in [-0.4, -0.2) is 40.0 Å². The van der Waals surface area contributed by atoms with E-state index in [1.807, 2.05) is 53.2 Å². The van der Waals surface area contributed by atoms with Gasteiger partial charge in [-0.15, -0.1) is 0 Å². The van der Waals surface area contributed by atoms with Gasteiger partial charge < -0.3 is 4.90 Å². The van der Waals surface area contributed by atoms with Crippen molar-refractivity contribution in [3.05, 3.63) is 47.8 Å². The molecule has 0 saturated carbocycles. The van der Waals surface area contributed by atoms with Gasteiger partial charge in [0.25, 0.3) is 0 Å². The van der Waals surface area contributed by atoms with Crippen LogP contribution in [0.4, 0.5) is 5.69 Å². The van der Waals surface area contributed by atoms with Crippen molar-refractivity contribution in [2.24, 2.45) is 12.1 Å². The third-order valence-electron chi connectivity index (χ3n) is 4.81. The van der Waals surface area contributed by atoms with Crippen molar-refractivity contribution in [3.63, 3.8) is 0 Å². The summed E-state index contributed by atoms with van der Waals surface area (Å²) in [5.41, 5.74) is 4.35. The zero-order valence-electron chi connectivity index (χ0n) is 14.0. The summed E-state index contributed by atoms with van der Waals surface area (Å²) in [6, 6.07) is 8.42. The van der Waals surface area contributed by atoms with Gasteiger partial charge in [-0.25, -0.2) is 0 Å². The van der Waals surface area contributed by atoms with Crippen LogP contribution in [0.5, 0.6) is 0 Å². The lowest BCUT2D eigenvalue weighted by Crippen LogP contribution is -2.23. The SMILES string of the molecule is CN1N=C(c2ccc(N3CCCC3=O)cc2)C[C@H]1c1cnn(C)c1. The lowest BCUT2D eigenvalue weighted by atomic mass is 10.0. The number of nitrogens with zero attached hydrogens (tertiary/aromatic N) is 5. The van der Waals surface area contributed by atoms with Crippen LogP contribution >= 0.6 is 0 Å². The lowest BCUT2D eigenvalue weighted by Gasteiger charge is -2.16. The number of aromatic nitrogens is 2. The molecule has 2 aliphatic rings. The van der Waals surface area contributed by atoms with Gasteiger partial charge in [0.2, 0.25) is 5.91 Å². The molecule has 0 spiro atoms. The molecule has 1 amide bonds. The van der Waals surface area contributed by atoms with E-state index in [1.54, 1.807) is 0 Å². The Labute approximate surface area is 141 Å². The standard InChI is InChI=1S/C18H21N5O/c1-21-12-14(11-19-21)17-10-16(20-22(17)2)13-5-7-15(8-6-13)23-9-3-4-18(23)24/h5-8,11-12,17H,3-4,9-10H2,1-2H3/t17-/m0/s1. The van der Waals surface area contributed by atoms with Crippen LogP contribution in [0.3, 0.4) is 0 Å². The topological polar surface area (TPSA) is 53.7 Å². The number of aryl methyl sites for hydroxylation is 1. The number of hydrogen-bond acceptors (Lipinski definition) is 4. The number of carbonyl (C=O) groups excluding carboxylic acids is 1. The molecule has 3 heterocycles. The Morgan fingerprint density at radius 1 is 1.17 bits per heavy atom. The highest BCUT2D eigenvalue weighted by molar-refractivity contribution is 6.02. The summed E-state index contributed by atoms with van der Waals surface area (Å²) < 4.78 is 1.82. The van der Waals surface area contributed by atoms with Crippen molar-refractivity contribution in [3.8, 4) is 0 Å². The normalized spacial score (nSPS) is 20.8. The van der Waals surface area contributed by atoms with Crippen molar-refractivity contribution >= 4 is 17.3 Å². The molecule has 1 fully saturated rings. The average Bonchev–Trinajstić information content (AvgIpc) is 3.28. The largest absolute Gasteiger partial charge is 0.312 e. The second-order valence-electron chi connectivity index (χ2n) is 6.48. The minimum absolute atomic E-state index is 0.220. The minimum atomic E-state index is 0.220. The minimum Gasteiger partial charge on any atom is -0.312 e. The summed E-state index contributed by atoms with van der Waals surface area (Å²) in [4.78, 5) is 13.7. The molecule has 1 aromatic carbocycles. The molecule has 1 saturated heterocycles. The van der Waals surface area contributed by atoms with Gasteiger partial charge in [-0.05, 0) is 24.1 Å². The number of benzene rings is 1. The van der Waals surface area contributed by atoms with Crippen molar-refractivity contribution in [1.29, 1.82) is 0 Å². The third-order valence-corrected chi connectivity index (χ3v) is 4.81. The fourth-order valence-corrected chi connectivity index (χ4v) is 3.49. The molecular weight excluding hydrogens is 302 g/mol. The third kappa shape index (κ3) is 2.58. The Hall–Kier alpha value is -2.63. The summed E-state index contributed by atoms with van der Waals surface area (Å²) in [5, 5.41) is 11.0. The first kappa shape index (κ1) is 14.9. The first-order valence-corrected chi connectivity index (χ1v) is 8.31. The van der Waals surface area contributed by atoms with E-state index >= 15 is 0 Å². The Balaban J connectivity index is 1.52. The van der Waals surface area contributed by atoms with Crippen LogP contribution in [0.25, 0.3) is 0 Å². The zero-order chi connectivity index (χ0) is 16.7. The van der Waals surface area contributed by atoms with E-state index in [0.717, 1.165) is 36.3 Å². The van der Waals surface area contributed by atoms with Gasteiger partial charge in [0.1, 0.15) is 0 Å². The van der Waals surface area contributed by atoms with E-state index in [4.69, 9.17) is 5.10 Å². The average molecular weight is 323 g/mol. The maximum atomic E-state index is 11.8. The van der Waals surface area contributed by atoms with Crippen molar-refractivity contribution in [1.82, 2.24) is 14.8 Å². The summed E-state index contributed by atoms with van der Waals surface area (Å²) >= 11 is 0. The van der Waals surface area contributed by atoms with Crippen LogP contribution in [0, 0.1) is 0 Å². The van der Waals surface area contributed by atoms with Gasteiger partial charge >= 0.3 is 0 Å². The molecular formula is C18H21N5O. The molecule has 6 heteroatoms. The maximum Gasteiger partial charge on any atom is 0.227 e. The first-order chi connectivity index (χ1) is 11.6. The van der Waals surface area contributed by atoms with Crippen molar-refractivity contribution < 1.29 is 4.79 Å². The molecule has 2 aromatic rings. The van der Waals surface area contributed by atoms with E-state index in [-0.39, 0.29) is 11.9 Å². The predicted molar refractivity (Wildman–Crippen MR) is 92.9 cm³/mol. The zero-order valence-corrected chi connectivity index (χ0v) is 14.0. The van der Waals surface area contributed by atoms with Crippen LogP contribution in [0.2, 0.25) is 0 Å². The van der Waals surface area contributed by atoms with Gasteiger partial charge in [-0.2, -0.15) is 10.2 Å². The summed E-state index contributed by atoms with van der Waals surface area (Å²) in [7, 11) is 3.93. The second kappa shape index (κ2) is 5.78. The predicted octanol–water partition coefficient (Wildman–Crippen LogP) is 2.33. The first-order valence-electron chi connectivity index (χ1n) is 8.31. The van der Waals surface area contributed by atoms with E-state index in [0.29, 0.717) is 6.42 Å². The van der Waals surface area contributed by atoms with E-state index < -0.39 is 0 Å². The van der Waals surface area contributed by atoms with E-state index in [9.17, 15) is 4.79 Å². The number of amides is 1. The molecule has 4 rings (SSSR count). The molecule has 0 aliphatic carbocycles. The van der Waals surface area contributed by atoms with Crippen LogP contribution in [-0.2, 0) is 11.8 Å². The Kier molecular flexibility index (Phi) is 3.59. The molecule has 1 aromatic heterocycles. The number of rotatable bonds is 3. The van der Waals surface area contributed by atoms with Crippen LogP contribution in [0.15, 0.2) is 41.8 Å². The molecule has 0 radical (unpaired) electrons. The van der Waals surface area contributed by atoms with Gasteiger partial charge in [-0.3, -0.25) is 14.5 Å². The summed E-state index contributed by atoms with van der Waals surface area (Å²) in [5.74, 6) is 0.220. The second-order valence-corrected chi connectivity index (χ2v) is 6.48. The molecule has 24 heavy (non-hydrogen) atoms. The molecule has 1 atom stereocenters. The van der Waals surface area contributed by atoms with Crippen LogP contribution in [0.1, 0.15) is 36.4 Å². The molecule has 6 nitrogen and oxygen atoms in total. The quantitative estimate of drug-likeness (QED) is 0.871. The number of hydrogen-bond donors (Lipinski definition) is 0. The maximum absolute atomic E-state index is 11.8. The monoisotopic (exact) mass is 323 g/mol. The van der Waals surface area contributed by atoms with Crippen molar-refractivity contribution in [2.45, 2.75) is 25.3 Å². The van der Waals surface area contributed by atoms with Gasteiger partial charge in [0.15, 0.2) is 0 Å². The van der Waals surface area contributed by atoms with Gasteiger partial charge in [0, 0.05) is 50.9 Å². The number of hydrazone groups is 1. The van der Waals surface area contributed by atoms with Crippen LogP contribution < -0.4 is 4.90 Å². The number of carbonyl (C=O) groups is 1. The highest BCUT2D eigenvalue weighted by atomic mass is 16.2.